The van der Waals surface area contributed by atoms with Gasteiger partial charge in [0.1, 0.15) is 0 Å². The Morgan fingerprint density at radius 2 is 0.926 bits per heavy atom. The minimum atomic E-state index is -0.706. The van der Waals surface area contributed by atoms with E-state index in [2.05, 4.69) is 0 Å². The van der Waals surface area contributed by atoms with Crippen LogP contribution in [0.5, 0.6) is 0 Å². The topological polar surface area (TPSA) is 158 Å². The van der Waals surface area contributed by atoms with Gasteiger partial charge >= 0.3 is 11.9 Å². The van der Waals surface area contributed by atoms with E-state index in [1.807, 2.05) is 0 Å². The van der Waals surface area contributed by atoms with Crippen molar-refractivity contribution in [2.45, 2.75) is 77.0 Å². The fraction of sp³-hybridized carbons (Fsp3) is 0.889. The van der Waals surface area contributed by atoms with Crippen LogP contribution in [0.2, 0.25) is 0 Å². The Hall–Kier alpha value is -0.600. The first-order chi connectivity index (χ1) is 11.4. The monoisotopic (exact) mass is 432 g/mol. The molecule has 0 unspecified atom stereocenters. The van der Waals surface area contributed by atoms with E-state index in [0.717, 1.165) is 51.4 Å². The van der Waals surface area contributed by atoms with Gasteiger partial charge < -0.3 is 27.2 Å². The van der Waals surface area contributed by atoms with E-state index in [1.54, 1.807) is 0 Å². The molecule has 164 valence electrons. The van der Waals surface area contributed by atoms with Crippen LogP contribution in [0.3, 0.4) is 0 Å². The third-order valence-electron chi connectivity index (χ3n) is 5.75. The minimum Gasteiger partial charge on any atom is -0.481 e. The number of carbonyl (C=O) groups is 2. The van der Waals surface area contributed by atoms with Crippen molar-refractivity contribution in [3.63, 3.8) is 0 Å². The highest BCUT2D eigenvalue weighted by Gasteiger charge is 2.33. The van der Waals surface area contributed by atoms with Crippen molar-refractivity contribution in [2.75, 3.05) is 13.1 Å². The molecule has 0 atom stereocenters. The van der Waals surface area contributed by atoms with Crippen molar-refractivity contribution in [2.24, 2.45) is 22.3 Å². The Balaban J connectivity index is -0.000000384. The van der Waals surface area contributed by atoms with Gasteiger partial charge in [-0.05, 0) is 49.6 Å². The average Bonchev–Trinajstić information content (AvgIpc) is 2.56. The van der Waals surface area contributed by atoms with Gasteiger partial charge in [-0.2, -0.15) is 0 Å². The van der Waals surface area contributed by atoms with E-state index in [4.69, 9.17) is 21.7 Å². The van der Waals surface area contributed by atoms with Crippen LogP contribution in [0.1, 0.15) is 77.0 Å². The van der Waals surface area contributed by atoms with Gasteiger partial charge in [0, 0.05) is 0 Å². The first kappa shape index (κ1) is 31.1. The smallest absolute Gasteiger partial charge is 0.303 e. The lowest BCUT2D eigenvalue weighted by molar-refractivity contribution is -0.141. The maximum Gasteiger partial charge on any atom is 0.303 e. The number of hydrogen-bond acceptors (Lipinski definition) is 4. The van der Waals surface area contributed by atoms with E-state index < -0.39 is 11.9 Å². The molecule has 2 rings (SSSR count). The normalized spacial score (nSPS) is 19.6. The van der Waals surface area contributed by atoms with E-state index in [9.17, 15) is 9.59 Å². The van der Waals surface area contributed by atoms with Crippen molar-refractivity contribution in [3.05, 3.63) is 0 Å². The summed E-state index contributed by atoms with van der Waals surface area (Å²) < 4.78 is 0. The highest BCUT2D eigenvalue weighted by molar-refractivity contribution is 5.85. The van der Waals surface area contributed by atoms with Crippen LogP contribution in [0.4, 0.5) is 0 Å². The van der Waals surface area contributed by atoms with E-state index in [1.165, 1.54) is 12.8 Å². The molecule has 0 aromatic heterocycles. The van der Waals surface area contributed by atoms with Gasteiger partial charge in [-0.15, -0.1) is 24.8 Å². The third kappa shape index (κ3) is 11.1. The van der Waals surface area contributed by atoms with Gasteiger partial charge in [-0.25, -0.2) is 0 Å². The first-order valence-corrected chi connectivity index (χ1v) is 9.21. The fourth-order valence-corrected chi connectivity index (χ4v) is 4.15. The zero-order valence-corrected chi connectivity index (χ0v) is 17.7. The zero-order chi connectivity index (χ0) is 18.1. The Bertz CT molecular complexity index is 375. The Morgan fingerprint density at radius 3 is 1.11 bits per heavy atom. The third-order valence-corrected chi connectivity index (χ3v) is 5.75. The summed E-state index contributed by atoms with van der Waals surface area (Å²) in [5.74, 6) is -1.41. The van der Waals surface area contributed by atoms with Gasteiger partial charge in [0.05, 0.1) is 12.8 Å². The standard InChI is InChI=1S/2C9H17NO2.2ClH.H2O/c2*10-7-9(6-8(11)12)4-2-1-3-5-9;;;/h2*1-7,10H2,(H,11,12);2*1H;1H2. The van der Waals surface area contributed by atoms with Gasteiger partial charge in [0.25, 0.3) is 0 Å². The second kappa shape index (κ2) is 15.3. The van der Waals surface area contributed by atoms with E-state index >= 15 is 0 Å². The summed E-state index contributed by atoms with van der Waals surface area (Å²) >= 11 is 0. The van der Waals surface area contributed by atoms with Crippen molar-refractivity contribution in [1.29, 1.82) is 0 Å². The van der Waals surface area contributed by atoms with Crippen LogP contribution in [0, 0.1) is 10.8 Å². The molecular formula is C18H38Cl2N2O5. The quantitative estimate of drug-likeness (QED) is 0.504. The molecule has 7 nitrogen and oxygen atoms in total. The maximum atomic E-state index is 10.6. The Kier molecular flexibility index (Phi) is 17.7. The summed E-state index contributed by atoms with van der Waals surface area (Å²) in [6.45, 7) is 1.05. The zero-order valence-electron chi connectivity index (χ0n) is 16.1. The molecule has 27 heavy (non-hydrogen) atoms. The molecule has 0 heterocycles. The molecule has 0 aromatic carbocycles. The van der Waals surface area contributed by atoms with Gasteiger partial charge in [0.15, 0.2) is 0 Å². The summed E-state index contributed by atoms with van der Waals surface area (Å²) in [5, 5.41) is 17.4. The molecule has 0 aromatic rings. The van der Waals surface area contributed by atoms with Crippen LogP contribution in [0.25, 0.3) is 0 Å². The molecule has 0 radical (unpaired) electrons. The molecule has 2 saturated carbocycles. The number of carboxylic acid groups (broad SMARTS) is 2. The average molecular weight is 433 g/mol. The summed E-state index contributed by atoms with van der Waals surface area (Å²) in [6, 6.07) is 0. The fourth-order valence-electron chi connectivity index (χ4n) is 4.15. The van der Waals surface area contributed by atoms with Crippen molar-refractivity contribution in [1.82, 2.24) is 0 Å². The van der Waals surface area contributed by atoms with Crippen LogP contribution in [0.15, 0.2) is 0 Å². The Morgan fingerprint density at radius 1 is 0.667 bits per heavy atom. The summed E-state index contributed by atoms with van der Waals surface area (Å²) in [5.41, 5.74) is 11.1. The number of aliphatic carboxylic acids is 2. The maximum absolute atomic E-state index is 10.6. The van der Waals surface area contributed by atoms with Crippen LogP contribution in [-0.2, 0) is 9.59 Å². The first-order valence-electron chi connectivity index (χ1n) is 9.21. The van der Waals surface area contributed by atoms with Gasteiger partial charge in [0.2, 0.25) is 0 Å². The number of rotatable bonds is 6. The second-order valence-electron chi connectivity index (χ2n) is 7.67. The molecule has 9 heteroatoms. The highest BCUT2D eigenvalue weighted by atomic mass is 35.5. The summed E-state index contributed by atoms with van der Waals surface area (Å²) in [6.07, 6.45) is 11.5. The minimum absolute atomic E-state index is 0. The number of nitrogens with two attached hydrogens (primary N) is 2. The molecule has 0 aliphatic heterocycles. The number of hydrogen-bond donors (Lipinski definition) is 4. The molecule has 0 spiro atoms. The number of carboxylic acids is 2. The van der Waals surface area contributed by atoms with Crippen molar-refractivity contribution in [3.8, 4) is 0 Å². The highest BCUT2D eigenvalue weighted by Crippen LogP contribution is 2.38. The van der Waals surface area contributed by atoms with Crippen molar-refractivity contribution < 1.29 is 25.3 Å². The lowest BCUT2D eigenvalue weighted by atomic mass is 9.72. The van der Waals surface area contributed by atoms with E-state index in [-0.39, 0.29) is 54.0 Å². The predicted octanol–water partition coefficient (Wildman–Crippen LogP) is 2.76. The summed E-state index contributed by atoms with van der Waals surface area (Å²) in [7, 11) is 0. The molecule has 2 aliphatic carbocycles. The lowest BCUT2D eigenvalue weighted by Gasteiger charge is -2.34. The second-order valence-corrected chi connectivity index (χ2v) is 7.67. The number of halogens is 2. The van der Waals surface area contributed by atoms with Crippen LogP contribution >= 0.6 is 24.8 Å². The summed E-state index contributed by atoms with van der Waals surface area (Å²) in [4.78, 5) is 21.2. The van der Waals surface area contributed by atoms with Crippen LogP contribution in [-0.4, -0.2) is 40.7 Å². The van der Waals surface area contributed by atoms with Gasteiger partial charge in [-0.1, -0.05) is 38.5 Å². The van der Waals surface area contributed by atoms with Crippen LogP contribution < -0.4 is 11.5 Å². The molecule has 0 bridgehead atoms. The molecule has 0 amide bonds. The molecule has 8 N–H and O–H groups in total. The van der Waals surface area contributed by atoms with E-state index in [0.29, 0.717) is 13.1 Å². The molecule has 0 saturated heterocycles. The molecule has 2 aliphatic rings. The Labute approximate surface area is 174 Å². The molecule has 2 fully saturated rings. The van der Waals surface area contributed by atoms with Crippen molar-refractivity contribution >= 4 is 36.8 Å². The lowest BCUT2D eigenvalue weighted by Crippen LogP contribution is -2.34. The SMILES string of the molecule is Cl.Cl.NCC1(CC(=O)O)CCCCC1.NCC1(CC(=O)O)CCCCC1.O. The largest absolute Gasteiger partial charge is 0.481 e. The molecular weight excluding hydrogens is 395 g/mol. The predicted molar refractivity (Wildman–Crippen MR) is 112 cm³/mol. The van der Waals surface area contributed by atoms with Gasteiger partial charge in [-0.3, -0.25) is 9.59 Å².